The van der Waals surface area contributed by atoms with Crippen LogP contribution in [0.4, 0.5) is 0 Å². The predicted octanol–water partition coefficient (Wildman–Crippen LogP) is 2.66. The number of fused-ring (bicyclic) bond motifs is 1. The van der Waals surface area contributed by atoms with E-state index in [1.165, 1.54) is 6.54 Å². The summed E-state index contributed by atoms with van der Waals surface area (Å²) < 4.78 is 11.0. The zero-order valence-corrected chi connectivity index (χ0v) is 13.9. The molecule has 3 heterocycles. The Morgan fingerprint density at radius 3 is 2.65 bits per heavy atom. The Morgan fingerprint density at radius 2 is 2.09 bits per heavy atom. The summed E-state index contributed by atoms with van der Waals surface area (Å²) in [6.07, 6.45) is 1.92. The van der Waals surface area contributed by atoms with Gasteiger partial charge in [-0.2, -0.15) is 0 Å². The lowest BCUT2D eigenvalue weighted by Gasteiger charge is -2.05. The third-order valence-corrected chi connectivity index (χ3v) is 4.32. The van der Waals surface area contributed by atoms with Crippen LogP contribution in [0.2, 0.25) is 0 Å². The Kier molecular flexibility index (Phi) is 4.68. The van der Waals surface area contributed by atoms with Gasteiger partial charge in [0.2, 0.25) is 5.78 Å². The number of rotatable bonds is 3. The molecule has 5 nitrogen and oxygen atoms in total. The quantitative estimate of drug-likeness (QED) is 0.673. The molecule has 2 aromatic rings. The van der Waals surface area contributed by atoms with E-state index < -0.39 is 0 Å². The molecule has 0 saturated carbocycles. The van der Waals surface area contributed by atoms with Crippen molar-refractivity contribution in [1.29, 1.82) is 0 Å². The van der Waals surface area contributed by atoms with E-state index in [2.05, 4.69) is 17.6 Å². The summed E-state index contributed by atoms with van der Waals surface area (Å²) in [6, 6.07) is 6.39. The molecule has 23 heavy (non-hydrogen) atoms. The van der Waals surface area contributed by atoms with Gasteiger partial charge in [0.15, 0.2) is 17.1 Å². The molecule has 0 spiro atoms. The van der Waals surface area contributed by atoms with Gasteiger partial charge in [-0.05, 0) is 50.9 Å². The number of ether oxygens (including phenoxy) is 1. The molecule has 2 fully saturated rings. The molecule has 0 radical (unpaired) electrons. The summed E-state index contributed by atoms with van der Waals surface area (Å²) >= 11 is 0. The van der Waals surface area contributed by atoms with Crippen LogP contribution >= 0.6 is 0 Å². The highest BCUT2D eigenvalue weighted by molar-refractivity contribution is 6.02. The van der Waals surface area contributed by atoms with Crippen LogP contribution in [0.1, 0.15) is 35.9 Å². The maximum atomic E-state index is 12.3. The number of carbonyl (C=O) groups excluding carboxylic acids is 1. The van der Waals surface area contributed by atoms with Gasteiger partial charge in [0.1, 0.15) is 0 Å². The van der Waals surface area contributed by atoms with Crippen LogP contribution in [0.5, 0.6) is 5.75 Å². The Labute approximate surface area is 136 Å². The van der Waals surface area contributed by atoms with E-state index in [4.69, 9.17) is 9.15 Å². The summed E-state index contributed by atoms with van der Waals surface area (Å²) in [5.41, 5.74) is 1.74. The van der Waals surface area contributed by atoms with Crippen LogP contribution in [0.15, 0.2) is 22.6 Å². The van der Waals surface area contributed by atoms with E-state index in [-0.39, 0.29) is 11.8 Å². The van der Waals surface area contributed by atoms with Crippen molar-refractivity contribution in [3.8, 4) is 5.75 Å². The second-order valence-corrected chi connectivity index (χ2v) is 6.26. The van der Waals surface area contributed by atoms with Gasteiger partial charge in [-0.25, -0.2) is 0 Å². The van der Waals surface area contributed by atoms with Gasteiger partial charge in [-0.15, -0.1) is 0 Å². The average Bonchev–Trinajstić information content (AvgIpc) is 3.05. The Morgan fingerprint density at radius 1 is 1.35 bits per heavy atom. The molecule has 2 atom stereocenters. The highest BCUT2D eigenvalue weighted by atomic mass is 16.5. The summed E-state index contributed by atoms with van der Waals surface area (Å²) in [7, 11) is 1.60. The summed E-state index contributed by atoms with van der Waals surface area (Å²) in [5, 5.41) is 7.24. The minimum atomic E-state index is -0.105. The topological polar surface area (TPSA) is 73.4 Å². The third-order valence-electron chi connectivity index (χ3n) is 4.32. The second-order valence-electron chi connectivity index (χ2n) is 6.26. The van der Waals surface area contributed by atoms with E-state index in [1.807, 2.05) is 25.1 Å². The number of methoxy groups -OCH3 is 1. The van der Waals surface area contributed by atoms with Gasteiger partial charge < -0.3 is 19.8 Å². The minimum absolute atomic E-state index is 0.0372. The normalized spacial score (nSPS) is 22.6. The molecule has 0 bridgehead atoms. The van der Waals surface area contributed by atoms with Crippen molar-refractivity contribution in [1.82, 2.24) is 10.6 Å². The van der Waals surface area contributed by atoms with Crippen LogP contribution in [0.3, 0.4) is 0 Å². The number of ketones is 1. The first-order valence-corrected chi connectivity index (χ1v) is 8.18. The fraction of sp³-hybridized carbons (Fsp3) is 0.500. The molecule has 0 amide bonds. The molecule has 2 aliphatic rings. The fourth-order valence-electron chi connectivity index (χ4n) is 2.71. The molecule has 124 valence electrons. The molecule has 2 aliphatic heterocycles. The van der Waals surface area contributed by atoms with Gasteiger partial charge in [0.25, 0.3) is 0 Å². The van der Waals surface area contributed by atoms with Crippen molar-refractivity contribution < 1.29 is 13.9 Å². The lowest BCUT2D eigenvalue weighted by atomic mass is 10.1. The largest absolute Gasteiger partial charge is 0.493 e. The van der Waals surface area contributed by atoms with Crippen LogP contribution in [-0.2, 0) is 0 Å². The predicted molar refractivity (Wildman–Crippen MR) is 90.3 cm³/mol. The molecule has 2 N–H and O–H groups in total. The van der Waals surface area contributed by atoms with Crippen LogP contribution < -0.4 is 15.4 Å². The van der Waals surface area contributed by atoms with Crippen molar-refractivity contribution in [3.05, 3.63) is 29.5 Å². The van der Waals surface area contributed by atoms with Gasteiger partial charge in [0, 0.05) is 18.0 Å². The monoisotopic (exact) mass is 316 g/mol. The highest BCUT2D eigenvalue weighted by Crippen LogP contribution is 2.32. The molecule has 4 rings (SSSR count). The molecule has 2 unspecified atom stereocenters. The van der Waals surface area contributed by atoms with Crippen molar-refractivity contribution in [3.63, 3.8) is 0 Å². The second kappa shape index (κ2) is 6.72. The first-order valence-electron chi connectivity index (χ1n) is 8.18. The molecule has 0 aliphatic carbocycles. The van der Waals surface area contributed by atoms with Crippen molar-refractivity contribution in [2.75, 3.05) is 20.2 Å². The molecule has 2 saturated heterocycles. The number of Topliss-reactive ketones (excluding diaryl/α,β-unsaturated/α-hetero) is 1. The molecule has 5 heteroatoms. The average molecular weight is 316 g/mol. The van der Waals surface area contributed by atoms with Gasteiger partial charge in [-0.1, -0.05) is 6.07 Å². The Bertz CT molecular complexity index is 698. The van der Waals surface area contributed by atoms with Crippen LogP contribution in [-0.4, -0.2) is 38.1 Å². The van der Waals surface area contributed by atoms with Gasteiger partial charge in [0.05, 0.1) is 13.2 Å². The first kappa shape index (κ1) is 16.0. The number of hydrogen-bond donors (Lipinski definition) is 2. The van der Waals surface area contributed by atoms with Gasteiger partial charge >= 0.3 is 0 Å². The standard InChI is InChI=1S/C15H17NO3.C3H7N/c1-9-5-6-12(18-2)15-10(9)8-13(19-15)14(17)11-4-3-7-16-11;1-3-2-4-3/h5-6,8,11,16H,3-4,7H2,1-2H3;3-4H,2H2,1H3. The fourth-order valence-corrected chi connectivity index (χ4v) is 2.71. The number of nitrogens with one attached hydrogen (secondary N) is 2. The van der Waals surface area contributed by atoms with Gasteiger partial charge in [-0.3, -0.25) is 4.79 Å². The number of aryl methyl sites for hydroxylation is 1. The smallest absolute Gasteiger partial charge is 0.214 e. The number of benzene rings is 1. The summed E-state index contributed by atoms with van der Waals surface area (Å²) in [6.45, 7) is 6.30. The number of furan rings is 1. The zero-order chi connectivity index (χ0) is 16.4. The van der Waals surface area contributed by atoms with E-state index in [0.29, 0.717) is 17.1 Å². The number of hydrogen-bond acceptors (Lipinski definition) is 5. The third kappa shape index (κ3) is 3.57. The maximum Gasteiger partial charge on any atom is 0.214 e. The zero-order valence-electron chi connectivity index (χ0n) is 13.9. The van der Waals surface area contributed by atoms with E-state index in [0.717, 1.165) is 36.4 Å². The SMILES string of the molecule is CC1CN1.COc1ccc(C)c2cc(C(=O)C3CCCN3)oc12. The molecule has 1 aromatic carbocycles. The summed E-state index contributed by atoms with van der Waals surface area (Å²) in [5.74, 6) is 1.12. The van der Waals surface area contributed by atoms with Crippen LogP contribution in [0, 0.1) is 6.92 Å². The van der Waals surface area contributed by atoms with E-state index in [1.54, 1.807) is 7.11 Å². The summed E-state index contributed by atoms with van der Waals surface area (Å²) in [4.78, 5) is 12.3. The lowest BCUT2D eigenvalue weighted by molar-refractivity contribution is 0.0927. The maximum absolute atomic E-state index is 12.3. The van der Waals surface area contributed by atoms with Crippen LogP contribution in [0.25, 0.3) is 11.0 Å². The Hall–Kier alpha value is -1.85. The Balaban J connectivity index is 0.000000341. The molecular formula is C18H24N2O3. The van der Waals surface area contributed by atoms with Crippen molar-refractivity contribution >= 4 is 16.8 Å². The minimum Gasteiger partial charge on any atom is -0.493 e. The number of carbonyl (C=O) groups is 1. The first-order chi connectivity index (χ1) is 11.1. The highest BCUT2D eigenvalue weighted by Gasteiger charge is 2.26. The molecule has 1 aromatic heterocycles. The molecular weight excluding hydrogens is 292 g/mol. The lowest BCUT2D eigenvalue weighted by Crippen LogP contribution is -2.30. The van der Waals surface area contributed by atoms with Crippen molar-refractivity contribution in [2.45, 2.75) is 38.8 Å². The van der Waals surface area contributed by atoms with Crippen molar-refractivity contribution in [2.24, 2.45) is 0 Å². The van der Waals surface area contributed by atoms with E-state index >= 15 is 0 Å². The van der Waals surface area contributed by atoms with E-state index in [9.17, 15) is 4.79 Å².